The molecule has 96 valence electrons. The Labute approximate surface area is 109 Å². The minimum atomic E-state index is 0.511. The van der Waals surface area contributed by atoms with Gasteiger partial charge in [0.15, 0.2) is 0 Å². The summed E-state index contributed by atoms with van der Waals surface area (Å²) in [5.41, 5.74) is 1.19. The van der Waals surface area contributed by atoms with Crippen LogP contribution in [-0.4, -0.2) is 13.2 Å². The van der Waals surface area contributed by atoms with Crippen molar-refractivity contribution in [2.24, 2.45) is 5.92 Å². The Kier molecular flexibility index (Phi) is 6.38. The Morgan fingerprint density at radius 2 is 2.12 bits per heavy atom. The molecule has 1 N–H and O–H groups in total. The molecule has 0 radical (unpaired) electrons. The zero-order valence-electron chi connectivity index (χ0n) is 10.9. The molecule has 0 saturated heterocycles. The lowest BCUT2D eigenvalue weighted by Gasteiger charge is -2.11. The summed E-state index contributed by atoms with van der Waals surface area (Å²) in [6, 6.07) is 5.98. The van der Waals surface area contributed by atoms with Gasteiger partial charge in [0, 0.05) is 6.54 Å². The highest BCUT2D eigenvalue weighted by Crippen LogP contribution is 2.25. The van der Waals surface area contributed by atoms with E-state index in [9.17, 15) is 0 Å². The topological polar surface area (TPSA) is 21.3 Å². The minimum absolute atomic E-state index is 0.511. The fraction of sp³-hybridized carbons (Fsp3) is 0.571. The van der Waals surface area contributed by atoms with Gasteiger partial charge >= 0.3 is 0 Å². The molecule has 1 aromatic carbocycles. The molecule has 2 nitrogen and oxygen atoms in total. The van der Waals surface area contributed by atoms with Gasteiger partial charge in [0.25, 0.3) is 0 Å². The minimum Gasteiger partial charge on any atom is -0.492 e. The molecule has 0 amide bonds. The predicted molar refractivity (Wildman–Crippen MR) is 73.8 cm³/mol. The van der Waals surface area contributed by atoms with Crippen molar-refractivity contribution in [1.82, 2.24) is 5.32 Å². The van der Waals surface area contributed by atoms with Gasteiger partial charge in [-0.15, -0.1) is 0 Å². The summed E-state index contributed by atoms with van der Waals surface area (Å²) in [4.78, 5) is 0. The van der Waals surface area contributed by atoms with Crippen LogP contribution < -0.4 is 10.1 Å². The second-order valence-corrected chi connectivity index (χ2v) is 5.05. The molecule has 0 aliphatic rings. The van der Waals surface area contributed by atoms with Crippen molar-refractivity contribution < 1.29 is 4.74 Å². The van der Waals surface area contributed by atoms with Crippen LogP contribution >= 0.6 is 11.6 Å². The molecule has 0 aliphatic heterocycles. The zero-order valence-corrected chi connectivity index (χ0v) is 11.7. The molecule has 0 fully saturated rings. The Bertz CT molecular complexity index is 339. The quantitative estimate of drug-likeness (QED) is 0.747. The summed E-state index contributed by atoms with van der Waals surface area (Å²) in [7, 11) is 0. The van der Waals surface area contributed by atoms with Gasteiger partial charge in [-0.3, -0.25) is 0 Å². The van der Waals surface area contributed by atoms with Crippen LogP contribution in [0.1, 0.15) is 32.8 Å². The van der Waals surface area contributed by atoms with Crippen LogP contribution in [-0.2, 0) is 6.54 Å². The highest BCUT2D eigenvalue weighted by Gasteiger charge is 2.04. The molecule has 0 aromatic heterocycles. The number of halogens is 1. The van der Waals surface area contributed by atoms with Crippen LogP contribution in [0.2, 0.25) is 5.02 Å². The van der Waals surface area contributed by atoms with E-state index in [0.717, 1.165) is 25.3 Å². The van der Waals surface area contributed by atoms with Crippen LogP contribution in [0.15, 0.2) is 18.2 Å². The monoisotopic (exact) mass is 255 g/mol. The lowest BCUT2D eigenvalue weighted by Crippen LogP contribution is -2.13. The van der Waals surface area contributed by atoms with E-state index in [1.54, 1.807) is 0 Å². The van der Waals surface area contributed by atoms with Crippen molar-refractivity contribution in [1.29, 1.82) is 0 Å². The first-order chi connectivity index (χ1) is 8.13. The molecule has 0 atom stereocenters. The summed E-state index contributed by atoms with van der Waals surface area (Å²) in [6.07, 6.45) is 1.14. The summed E-state index contributed by atoms with van der Waals surface area (Å²) in [6.45, 7) is 8.99. The van der Waals surface area contributed by atoms with Gasteiger partial charge in [0.2, 0.25) is 0 Å². The van der Waals surface area contributed by atoms with Crippen LogP contribution in [0.25, 0.3) is 0 Å². The average Bonchev–Trinajstić information content (AvgIpc) is 2.28. The molecule has 0 bridgehead atoms. The first-order valence-corrected chi connectivity index (χ1v) is 6.63. The fourth-order valence-electron chi connectivity index (χ4n) is 1.44. The second-order valence-electron chi connectivity index (χ2n) is 4.65. The largest absolute Gasteiger partial charge is 0.492 e. The number of hydrogen-bond donors (Lipinski definition) is 1. The van der Waals surface area contributed by atoms with Crippen LogP contribution in [0.3, 0.4) is 0 Å². The van der Waals surface area contributed by atoms with Crippen LogP contribution in [0.5, 0.6) is 5.75 Å². The standard InChI is InChI=1S/C14H22ClNO/c1-4-7-16-9-12-5-6-14(13(15)8-12)17-10-11(2)3/h5-6,8,11,16H,4,7,9-10H2,1-3H3. The molecule has 1 rings (SSSR count). The molecule has 3 heteroatoms. The van der Waals surface area contributed by atoms with E-state index in [1.807, 2.05) is 12.1 Å². The molecule has 0 saturated carbocycles. The van der Waals surface area contributed by atoms with E-state index < -0.39 is 0 Å². The van der Waals surface area contributed by atoms with Crippen molar-refractivity contribution in [3.05, 3.63) is 28.8 Å². The fourth-order valence-corrected chi connectivity index (χ4v) is 1.70. The summed E-state index contributed by atoms with van der Waals surface area (Å²) >= 11 is 6.17. The van der Waals surface area contributed by atoms with Crippen molar-refractivity contribution >= 4 is 11.6 Å². The molecular formula is C14H22ClNO. The van der Waals surface area contributed by atoms with Crippen molar-refractivity contribution in [2.75, 3.05) is 13.2 Å². The lowest BCUT2D eigenvalue weighted by molar-refractivity contribution is 0.271. The normalized spacial score (nSPS) is 10.9. The number of benzene rings is 1. The first kappa shape index (κ1) is 14.3. The number of hydrogen-bond acceptors (Lipinski definition) is 2. The Morgan fingerprint density at radius 3 is 2.71 bits per heavy atom. The van der Waals surface area contributed by atoms with E-state index in [2.05, 4.69) is 32.2 Å². The molecule has 0 heterocycles. The molecule has 17 heavy (non-hydrogen) atoms. The van der Waals surface area contributed by atoms with Gasteiger partial charge in [0.1, 0.15) is 5.75 Å². The third-order valence-electron chi connectivity index (χ3n) is 2.32. The van der Waals surface area contributed by atoms with Crippen LogP contribution in [0.4, 0.5) is 0 Å². The Hall–Kier alpha value is -0.730. The van der Waals surface area contributed by atoms with Gasteiger partial charge in [0.05, 0.1) is 11.6 Å². The Balaban J connectivity index is 2.53. The highest BCUT2D eigenvalue weighted by molar-refractivity contribution is 6.32. The number of nitrogens with one attached hydrogen (secondary N) is 1. The molecule has 1 aromatic rings. The molecule has 0 spiro atoms. The highest BCUT2D eigenvalue weighted by atomic mass is 35.5. The van der Waals surface area contributed by atoms with E-state index in [1.165, 1.54) is 5.56 Å². The molecule has 0 aliphatic carbocycles. The molecule has 0 unspecified atom stereocenters. The zero-order chi connectivity index (χ0) is 12.7. The maximum absolute atomic E-state index is 6.17. The smallest absolute Gasteiger partial charge is 0.137 e. The molecular weight excluding hydrogens is 234 g/mol. The number of ether oxygens (including phenoxy) is 1. The van der Waals surface area contributed by atoms with E-state index in [-0.39, 0.29) is 0 Å². The summed E-state index contributed by atoms with van der Waals surface area (Å²) in [5, 5.41) is 4.04. The summed E-state index contributed by atoms with van der Waals surface area (Å²) in [5.74, 6) is 1.29. The third-order valence-corrected chi connectivity index (χ3v) is 2.62. The maximum Gasteiger partial charge on any atom is 0.137 e. The summed E-state index contributed by atoms with van der Waals surface area (Å²) < 4.78 is 5.63. The second kappa shape index (κ2) is 7.57. The van der Waals surface area contributed by atoms with Gasteiger partial charge < -0.3 is 10.1 Å². The Morgan fingerprint density at radius 1 is 1.35 bits per heavy atom. The van der Waals surface area contributed by atoms with Crippen molar-refractivity contribution in [2.45, 2.75) is 33.7 Å². The van der Waals surface area contributed by atoms with E-state index in [0.29, 0.717) is 17.5 Å². The van der Waals surface area contributed by atoms with Gasteiger partial charge in [-0.05, 0) is 36.6 Å². The third kappa shape index (κ3) is 5.42. The van der Waals surface area contributed by atoms with Gasteiger partial charge in [-0.25, -0.2) is 0 Å². The van der Waals surface area contributed by atoms with E-state index >= 15 is 0 Å². The lowest BCUT2D eigenvalue weighted by atomic mass is 10.2. The first-order valence-electron chi connectivity index (χ1n) is 6.25. The van der Waals surface area contributed by atoms with Crippen molar-refractivity contribution in [3.63, 3.8) is 0 Å². The predicted octanol–water partition coefficient (Wildman–Crippen LogP) is 3.87. The maximum atomic E-state index is 6.17. The van der Waals surface area contributed by atoms with Crippen molar-refractivity contribution in [3.8, 4) is 5.75 Å². The van der Waals surface area contributed by atoms with Gasteiger partial charge in [-0.2, -0.15) is 0 Å². The van der Waals surface area contributed by atoms with Crippen LogP contribution in [0, 0.1) is 5.92 Å². The SMILES string of the molecule is CCCNCc1ccc(OCC(C)C)c(Cl)c1. The van der Waals surface area contributed by atoms with Gasteiger partial charge in [-0.1, -0.05) is 38.4 Å². The average molecular weight is 256 g/mol. The number of rotatable bonds is 7. The van der Waals surface area contributed by atoms with E-state index in [4.69, 9.17) is 16.3 Å².